The van der Waals surface area contributed by atoms with Gasteiger partial charge in [0, 0.05) is 11.4 Å². The summed E-state index contributed by atoms with van der Waals surface area (Å²) in [7, 11) is 0. The molecule has 0 bridgehead atoms. The number of amides is 1. The Bertz CT molecular complexity index is 444. The van der Waals surface area contributed by atoms with Crippen molar-refractivity contribution in [2.24, 2.45) is 5.92 Å². The van der Waals surface area contributed by atoms with Crippen molar-refractivity contribution in [1.82, 2.24) is 5.32 Å². The van der Waals surface area contributed by atoms with Crippen molar-refractivity contribution in [2.45, 2.75) is 38.7 Å². The molecule has 2 rings (SSSR count). The summed E-state index contributed by atoms with van der Waals surface area (Å²) in [5.74, 6) is 0.592. The molecular formula is C14H21NO3S. The highest BCUT2D eigenvalue weighted by Gasteiger charge is 2.22. The highest BCUT2D eigenvalue weighted by atomic mass is 32.1. The van der Waals surface area contributed by atoms with Crippen molar-refractivity contribution in [3.05, 3.63) is 21.4 Å². The van der Waals surface area contributed by atoms with Gasteiger partial charge in [0.1, 0.15) is 0 Å². The lowest BCUT2D eigenvalue weighted by Crippen LogP contribution is -2.33. The second-order valence-electron chi connectivity index (χ2n) is 5.12. The van der Waals surface area contributed by atoms with Gasteiger partial charge in [0.25, 0.3) is 5.91 Å². The van der Waals surface area contributed by atoms with Gasteiger partial charge in [-0.15, -0.1) is 11.3 Å². The van der Waals surface area contributed by atoms with Crippen molar-refractivity contribution in [3.63, 3.8) is 0 Å². The normalized spacial score (nSPS) is 19.8. The largest absolute Gasteiger partial charge is 0.394 e. The molecule has 1 aliphatic carbocycles. The molecule has 1 heterocycles. The number of hydrogen-bond donors (Lipinski definition) is 3. The fourth-order valence-corrected chi connectivity index (χ4v) is 3.55. The van der Waals surface area contributed by atoms with Gasteiger partial charge < -0.3 is 15.5 Å². The summed E-state index contributed by atoms with van der Waals surface area (Å²) in [6.07, 6.45) is 3.68. The van der Waals surface area contributed by atoms with E-state index < -0.39 is 6.10 Å². The molecule has 1 aliphatic rings. The van der Waals surface area contributed by atoms with Crippen molar-refractivity contribution in [2.75, 3.05) is 13.2 Å². The molecule has 19 heavy (non-hydrogen) atoms. The molecule has 0 saturated heterocycles. The van der Waals surface area contributed by atoms with Crippen LogP contribution in [0.5, 0.6) is 0 Å². The highest BCUT2D eigenvalue weighted by Crippen LogP contribution is 2.33. The maximum Gasteiger partial charge on any atom is 0.261 e. The summed E-state index contributed by atoms with van der Waals surface area (Å²) in [6.45, 7) is 1.97. The first-order valence-electron chi connectivity index (χ1n) is 6.82. The quantitative estimate of drug-likeness (QED) is 0.764. The Morgan fingerprint density at radius 3 is 3.11 bits per heavy atom. The van der Waals surface area contributed by atoms with Crippen LogP contribution in [-0.4, -0.2) is 35.4 Å². The average Bonchev–Trinajstić information content (AvgIpc) is 2.86. The zero-order valence-corrected chi connectivity index (χ0v) is 12.0. The number of carbonyl (C=O) groups is 1. The molecule has 4 nitrogen and oxygen atoms in total. The lowest BCUT2D eigenvalue weighted by Gasteiger charge is -2.19. The monoisotopic (exact) mass is 283 g/mol. The van der Waals surface area contributed by atoms with Crippen LogP contribution < -0.4 is 5.32 Å². The number of aryl methyl sites for hydroxylation is 1. The molecule has 0 aromatic carbocycles. The van der Waals surface area contributed by atoms with Crippen molar-refractivity contribution < 1.29 is 15.0 Å². The van der Waals surface area contributed by atoms with Crippen LogP contribution >= 0.6 is 11.3 Å². The number of thiophene rings is 1. The first-order valence-corrected chi connectivity index (χ1v) is 7.64. The van der Waals surface area contributed by atoms with Crippen molar-refractivity contribution in [1.29, 1.82) is 0 Å². The van der Waals surface area contributed by atoms with Crippen LogP contribution in [0.2, 0.25) is 0 Å². The number of carbonyl (C=O) groups excluding carboxylic acids is 1. The van der Waals surface area contributed by atoms with E-state index in [1.54, 1.807) is 11.3 Å². The summed E-state index contributed by atoms with van der Waals surface area (Å²) in [4.78, 5) is 14.0. The van der Waals surface area contributed by atoms with E-state index in [4.69, 9.17) is 5.11 Å². The van der Waals surface area contributed by atoms with E-state index in [-0.39, 0.29) is 19.1 Å². The van der Waals surface area contributed by atoms with Crippen molar-refractivity contribution in [3.8, 4) is 0 Å². The van der Waals surface area contributed by atoms with E-state index in [0.29, 0.717) is 4.88 Å². The molecular weight excluding hydrogens is 262 g/mol. The lowest BCUT2D eigenvalue weighted by atomic mass is 9.87. The van der Waals surface area contributed by atoms with Crippen molar-refractivity contribution >= 4 is 17.2 Å². The Kier molecular flexibility index (Phi) is 4.96. The Morgan fingerprint density at radius 1 is 1.63 bits per heavy atom. The van der Waals surface area contributed by atoms with Gasteiger partial charge in [-0.2, -0.15) is 0 Å². The highest BCUT2D eigenvalue weighted by molar-refractivity contribution is 7.14. The number of rotatable bonds is 5. The molecule has 0 spiro atoms. The molecule has 0 radical (unpaired) electrons. The molecule has 0 fully saturated rings. The van der Waals surface area contributed by atoms with E-state index in [9.17, 15) is 9.90 Å². The minimum Gasteiger partial charge on any atom is -0.394 e. The molecule has 2 unspecified atom stereocenters. The van der Waals surface area contributed by atoms with Crippen LogP contribution in [0.15, 0.2) is 6.07 Å². The van der Waals surface area contributed by atoms with Crippen LogP contribution in [0.1, 0.15) is 39.9 Å². The van der Waals surface area contributed by atoms with Gasteiger partial charge in [-0.3, -0.25) is 4.79 Å². The maximum atomic E-state index is 11.9. The van der Waals surface area contributed by atoms with E-state index >= 15 is 0 Å². The molecule has 1 aromatic rings. The minimum atomic E-state index is -0.886. The Labute approximate surface area is 117 Å². The molecule has 1 aromatic heterocycles. The third kappa shape index (κ3) is 3.55. The first-order chi connectivity index (χ1) is 9.13. The summed E-state index contributed by atoms with van der Waals surface area (Å²) in [5.41, 5.74) is 1.32. The molecule has 2 atom stereocenters. The molecule has 3 N–H and O–H groups in total. The zero-order valence-electron chi connectivity index (χ0n) is 11.2. The van der Waals surface area contributed by atoms with E-state index in [1.165, 1.54) is 23.3 Å². The Balaban J connectivity index is 1.98. The number of aliphatic hydroxyl groups is 2. The van der Waals surface area contributed by atoms with Gasteiger partial charge in [-0.25, -0.2) is 0 Å². The molecule has 0 aliphatic heterocycles. The molecule has 106 valence electrons. The third-order valence-corrected chi connectivity index (χ3v) is 4.93. The minimum absolute atomic E-state index is 0.0927. The van der Waals surface area contributed by atoms with Crippen LogP contribution in [0, 0.1) is 5.92 Å². The SMILES string of the molecule is CCC1CCc2sc(C(=O)NCC(O)CO)cc2C1. The first kappa shape index (κ1) is 14.5. The average molecular weight is 283 g/mol. The van der Waals surface area contributed by atoms with E-state index in [0.717, 1.165) is 18.8 Å². The van der Waals surface area contributed by atoms with Gasteiger partial charge >= 0.3 is 0 Å². The third-order valence-electron chi connectivity index (χ3n) is 3.70. The van der Waals surface area contributed by atoms with Crippen LogP contribution in [0.25, 0.3) is 0 Å². The number of aliphatic hydroxyl groups excluding tert-OH is 2. The topological polar surface area (TPSA) is 69.6 Å². The Hall–Kier alpha value is -0.910. The summed E-state index contributed by atoms with van der Waals surface area (Å²) >= 11 is 1.56. The maximum absolute atomic E-state index is 11.9. The predicted octanol–water partition coefficient (Wildman–Crippen LogP) is 1.35. The molecule has 5 heteroatoms. The van der Waals surface area contributed by atoms with Gasteiger partial charge in [-0.05, 0) is 36.8 Å². The lowest BCUT2D eigenvalue weighted by molar-refractivity contribution is 0.0804. The zero-order chi connectivity index (χ0) is 13.8. The van der Waals surface area contributed by atoms with Gasteiger partial charge in [0.2, 0.25) is 0 Å². The van der Waals surface area contributed by atoms with E-state index in [1.807, 2.05) is 6.07 Å². The number of nitrogens with one attached hydrogen (secondary N) is 1. The number of fused-ring (bicyclic) bond motifs is 1. The smallest absolute Gasteiger partial charge is 0.261 e. The second-order valence-corrected chi connectivity index (χ2v) is 6.26. The van der Waals surface area contributed by atoms with Crippen LogP contribution in [0.3, 0.4) is 0 Å². The van der Waals surface area contributed by atoms with Crippen LogP contribution in [-0.2, 0) is 12.8 Å². The summed E-state index contributed by atoms with van der Waals surface area (Å²) in [5, 5.41) is 20.6. The van der Waals surface area contributed by atoms with E-state index in [2.05, 4.69) is 12.2 Å². The van der Waals surface area contributed by atoms with Gasteiger partial charge in [0.15, 0.2) is 0 Å². The van der Waals surface area contributed by atoms with Crippen LogP contribution in [0.4, 0.5) is 0 Å². The fraction of sp³-hybridized carbons (Fsp3) is 0.643. The van der Waals surface area contributed by atoms with Gasteiger partial charge in [-0.1, -0.05) is 13.3 Å². The Morgan fingerprint density at radius 2 is 2.42 bits per heavy atom. The standard InChI is InChI=1S/C14H21NO3S/c1-2-9-3-4-12-10(5-9)6-13(19-12)14(18)15-7-11(17)8-16/h6,9,11,16-17H,2-5,7-8H2,1H3,(H,15,18). The fourth-order valence-electron chi connectivity index (χ4n) is 2.42. The van der Waals surface area contributed by atoms with Gasteiger partial charge in [0.05, 0.1) is 17.6 Å². The summed E-state index contributed by atoms with van der Waals surface area (Å²) in [6, 6.07) is 1.99. The summed E-state index contributed by atoms with van der Waals surface area (Å²) < 4.78 is 0. The molecule has 0 saturated carbocycles. The number of hydrogen-bond acceptors (Lipinski definition) is 4. The second kappa shape index (κ2) is 6.50. The predicted molar refractivity (Wildman–Crippen MR) is 75.6 cm³/mol. The molecule has 1 amide bonds.